The molecular weight excluding hydrogens is 442 g/mol. The van der Waals surface area contributed by atoms with Gasteiger partial charge in [-0.3, -0.25) is 13.7 Å². The number of hydrogen-bond acceptors (Lipinski definition) is 9. The quantitative estimate of drug-likeness (QED) is 0.309. The van der Waals surface area contributed by atoms with Crippen LogP contribution in [0.5, 0.6) is 0 Å². The number of fused-ring (bicyclic) bond motifs is 1. The molecule has 3 heterocycles. The standard InChI is InChI=1S/C14H24N6O8P2/c1-2-3-19(8-29(22,23)24)30(25,26)27-5-10-9(21)4-11(28-10)20-7-18-12-13(15)16-6-17-14(12)20/h6-7,9-11,21H,2-5,8H2,1H3,(H,25,26)(H2,15,16,17)(H2,22,23,24)/t9?,10-,11-/m1/s1. The minimum absolute atomic E-state index is 0.0578. The first-order valence-electron chi connectivity index (χ1n) is 9.05. The van der Waals surface area contributed by atoms with Crippen LogP contribution in [0.2, 0.25) is 0 Å². The number of aliphatic hydroxyl groups excluding tert-OH is 1. The lowest BCUT2D eigenvalue weighted by Crippen LogP contribution is -2.29. The molecule has 3 rings (SSSR count). The highest BCUT2D eigenvalue weighted by Gasteiger charge is 2.40. The van der Waals surface area contributed by atoms with Gasteiger partial charge in [0.2, 0.25) is 0 Å². The molecule has 168 valence electrons. The van der Waals surface area contributed by atoms with Crippen molar-refractivity contribution in [2.24, 2.45) is 0 Å². The zero-order valence-electron chi connectivity index (χ0n) is 16.1. The highest BCUT2D eigenvalue weighted by molar-refractivity contribution is 7.54. The first-order chi connectivity index (χ1) is 14.0. The summed E-state index contributed by atoms with van der Waals surface area (Å²) in [7, 11) is -9.11. The summed E-state index contributed by atoms with van der Waals surface area (Å²) < 4.78 is 36.8. The third-order valence-electron chi connectivity index (χ3n) is 4.50. The van der Waals surface area contributed by atoms with Crippen molar-refractivity contribution in [1.29, 1.82) is 0 Å². The summed E-state index contributed by atoms with van der Waals surface area (Å²) >= 11 is 0. The lowest BCUT2D eigenvalue weighted by atomic mass is 10.2. The van der Waals surface area contributed by atoms with Gasteiger partial charge in [-0.15, -0.1) is 0 Å². The molecule has 0 aromatic carbocycles. The van der Waals surface area contributed by atoms with Crippen molar-refractivity contribution in [1.82, 2.24) is 24.2 Å². The molecule has 1 aliphatic rings. The van der Waals surface area contributed by atoms with E-state index in [1.165, 1.54) is 12.7 Å². The fourth-order valence-electron chi connectivity index (χ4n) is 3.12. The molecule has 2 unspecified atom stereocenters. The van der Waals surface area contributed by atoms with Crippen LogP contribution in [0.3, 0.4) is 0 Å². The van der Waals surface area contributed by atoms with Crippen molar-refractivity contribution in [3.8, 4) is 0 Å². The monoisotopic (exact) mass is 466 g/mol. The molecule has 16 heteroatoms. The Labute approximate surface area is 171 Å². The maximum absolute atomic E-state index is 12.5. The average molecular weight is 466 g/mol. The van der Waals surface area contributed by atoms with E-state index in [1.54, 1.807) is 11.5 Å². The van der Waals surface area contributed by atoms with Crippen molar-refractivity contribution in [3.05, 3.63) is 12.7 Å². The highest BCUT2D eigenvalue weighted by atomic mass is 31.2. The summed E-state index contributed by atoms with van der Waals surface area (Å²) in [4.78, 5) is 40.5. The Kier molecular flexibility index (Phi) is 6.92. The van der Waals surface area contributed by atoms with Gasteiger partial charge in [0.15, 0.2) is 11.5 Å². The molecule has 0 saturated carbocycles. The van der Waals surface area contributed by atoms with E-state index in [9.17, 15) is 19.1 Å². The molecule has 0 radical (unpaired) electrons. The van der Waals surface area contributed by atoms with Gasteiger partial charge < -0.3 is 30.3 Å². The largest absolute Gasteiger partial charge is 0.406 e. The minimum Gasteiger partial charge on any atom is -0.390 e. The fourth-order valence-corrected chi connectivity index (χ4v) is 5.77. The summed E-state index contributed by atoms with van der Waals surface area (Å²) in [6.07, 6.45) is -0.347. The number of ether oxygens (including phenoxy) is 1. The Morgan fingerprint density at radius 2 is 2.07 bits per heavy atom. The fraction of sp³-hybridized carbons (Fsp3) is 0.643. The van der Waals surface area contributed by atoms with E-state index in [-0.39, 0.29) is 18.8 Å². The summed E-state index contributed by atoms with van der Waals surface area (Å²) in [6, 6.07) is 0. The molecule has 0 spiro atoms. The molecular formula is C14H24N6O8P2. The van der Waals surface area contributed by atoms with Crippen LogP contribution in [0, 0.1) is 0 Å². The second-order valence-electron chi connectivity index (χ2n) is 6.84. The Morgan fingerprint density at radius 3 is 2.73 bits per heavy atom. The first-order valence-corrected chi connectivity index (χ1v) is 12.4. The molecule has 0 bridgehead atoms. The van der Waals surface area contributed by atoms with Crippen molar-refractivity contribution < 1.29 is 38.2 Å². The van der Waals surface area contributed by atoms with Gasteiger partial charge in [0.05, 0.1) is 19.0 Å². The van der Waals surface area contributed by atoms with E-state index in [4.69, 9.17) is 24.8 Å². The van der Waals surface area contributed by atoms with Gasteiger partial charge in [-0.05, 0) is 6.42 Å². The van der Waals surface area contributed by atoms with Crippen LogP contribution in [0.4, 0.5) is 5.82 Å². The molecule has 4 atom stereocenters. The molecule has 1 aliphatic heterocycles. The van der Waals surface area contributed by atoms with Crippen LogP contribution >= 0.6 is 15.3 Å². The second-order valence-corrected chi connectivity index (χ2v) is 10.3. The van der Waals surface area contributed by atoms with Crippen molar-refractivity contribution in [3.63, 3.8) is 0 Å². The third-order valence-corrected chi connectivity index (χ3v) is 6.97. The SMILES string of the molecule is CCCN(CP(=O)(O)O)P(=O)(O)OC[C@H]1O[C@@H](n2cnc3c(N)ncnc32)CC1O. The van der Waals surface area contributed by atoms with E-state index in [0.29, 0.717) is 22.3 Å². The number of anilines is 1. The number of rotatable bonds is 9. The third kappa shape index (κ3) is 5.22. The summed E-state index contributed by atoms with van der Waals surface area (Å²) in [6.45, 7) is 1.17. The first kappa shape index (κ1) is 23.2. The Bertz CT molecular complexity index is 982. The molecule has 2 aromatic heterocycles. The number of hydrogen-bond donors (Lipinski definition) is 5. The van der Waals surface area contributed by atoms with E-state index >= 15 is 0 Å². The van der Waals surface area contributed by atoms with Gasteiger partial charge in [0.25, 0.3) is 0 Å². The Hall–Kier alpha value is -1.47. The second kappa shape index (κ2) is 8.95. The van der Waals surface area contributed by atoms with Crippen molar-refractivity contribution in [2.45, 2.75) is 38.2 Å². The number of imidazole rings is 1. The van der Waals surface area contributed by atoms with Crippen LogP contribution in [0.15, 0.2) is 12.7 Å². The van der Waals surface area contributed by atoms with E-state index in [1.807, 2.05) is 0 Å². The number of nitrogen functional groups attached to an aromatic ring is 1. The van der Waals surface area contributed by atoms with Crippen LogP contribution in [0.25, 0.3) is 11.2 Å². The van der Waals surface area contributed by atoms with Crippen molar-refractivity contribution >= 4 is 32.3 Å². The van der Waals surface area contributed by atoms with Crippen LogP contribution in [-0.2, 0) is 18.4 Å². The summed E-state index contributed by atoms with van der Waals surface area (Å²) in [5.74, 6) is 0.194. The average Bonchev–Trinajstić information content (AvgIpc) is 3.23. The lowest BCUT2D eigenvalue weighted by molar-refractivity contribution is -0.0414. The predicted molar refractivity (Wildman–Crippen MR) is 104 cm³/mol. The minimum atomic E-state index is -4.58. The molecule has 14 nitrogen and oxygen atoms in total. The van der Waals surface area contributed by atoms with E-state index in [2.05, 4.69) is 15.0 Å². The van der Waals surface area contributed by atoms with Crippen LogP contribution < -0.4 is 5.73 Å². The van der Waals surface area contributed by atoms with E-state index < -0.39 is 46.7 Å². The molecule has 2 aromatic rings. The highest BCUT2D eigenvalue weighted by Crippen LogP contribution is 2.52. The molecule has 30 heavy (non-hydrogen) atoms. The maximum atomic E-state index is 12.5. The lowest BCUT2D eigenvalue weighted by Gasteiger charge is -2.27. The van der Waals surface area contributed by atoms with Crippen LogP contribution in [-0.4, -0.2) is 75.6 Å². The Morgan fingerprint density at radius 1 is 1.33 bits per heavy atom. The topological polar surface area (TPSA) is 206 Å². The van der Waals surface area contributed by atoms with Gasteiger partial charge in [-0.2, -0.15) is 4.67 Å². The maximum Gasteiger partial charge on any atom is 0.406 e. The molecule has 6 N–H and O–H groups in total. The Balaban J connectivity index is 1.68. The molecule has 1 fully saturated rings. The number of nitrogens with zero attached hydrogens (tertiary/aromatic N) is 5. The number of nitrogens with two attached hydrogens (primary N) is 1. The van der Waals surface area contributed by atoms with Gasteiger partial charge >= 0.3 is 15.3 Å². The normalized spacial score (nSPS) is 24.5. The van der Waals surface area contributed by atoms with Crippen LogP contribution in [0.1, 0.15) is 26.0 Å². The number of aromatic nitrogens is 4. The zero-order valence-corrected chi connectivity index (χ0v) is 17.8. The van der Waals surface area contributed by atoms with Gasteiger partial charge in [0, 0.05) is 13.0 Å². The van der Waals surface area contributed by atoms with Crippen molar-refractivity contribution in [2.75, 3.05) is 25.2 Å². The summed E-state index contributed by atoms with van der Waals surface area (Å²) in [5.41, 5.74) is 6.54. The smallest absolute Gasteiger partial charge is 0.390 e. The van der Waals surface area contributed by atoms with E-state index in [0.717, 1.165) is 0 Å². The van der Waals surface area contributed by atoms with Gasteiger partial charge in [0.1, 0.15) is 30.5 Å². The zero-order chi connectivity index (χ0) is 22.1. The van der Waals surface area contributed by atoms with Gasteiger partial charge in [-0.1, -0.05) is 6.92 Å². The number of aliphatic hydroxyl groups is 1. The molecule has 0 aliphatic carbocycles. The van der Waals surface area contributed by atoms with Gasteiger partial charge in [-0.25, -0.2) is 19.5 Å². The summed E-state index contributed by atoms with van der Waals surface area (Å²) in [5, 5.41) is 10.3. The predicted octanol–water partition coefficient (Wildman–Crippen LogP) is 0.0211. The molecule has 0 amide bonds. The molecule has 1 saturated heterocycles.